The summed E-state index contributed by atoms with van der Waals surface area (Å²) in [4.78, 5) is 12.3. The molecule has 1 aromatic heterocycles. The minimum Gasteiger partial charge on any atom is -0.487 e. The Balaban J connectivity index is 0.00000126. The summed E-state index contributed by atoms with van der Waals surface area (Å²) in [6, 6.07) is 15.2. The molecule has 0 fully saturated rings. The van der Waals surface area contributed by atoms with Crippen LogP contribution in [0.15, 0.2) is 46.9 Å². The van der Waals surface area contributed by atoms with Gasteiger partial charge in [-0.2, -0.15) is 5.26 Å². The lowest BCUT2D eigenvalue weighted by Crippen LogP contribution is -2.06. The van der Waals surface area contributed by atoms with Gasteiger partial charge in [0.2, 0.25) is 0 Å². The van der Waals surface area contributed by atoms with Crippen LogP contribution in [0.3, 0.4) is 0 Å². The smallest absolute Gasteiger partial charge is 0.342 e. The Hall–Kier alpha value is -3.26. The van der Waals surface area contributed by atoms with Gasteiger partial charge in [0, 0.05) is 0 Å². The van der Waals surface area contributed by atoms with E-state index < -0.39 is 5.97 Å². The average Bonchev–Trinajstić information content (AvgIpc) is 3.04. The van der Waals surface area contributed by atoms with Gasteiger partial charge in [0.1, 0.15) is 40.9 Å². The van der Waals surface area contributed by atoms with Crippen molar-refractivity contribution in [2.24, 2.45) is 0 Å². The lowest BCUT2D eigenvalue weighted by molar-refractivity contribution is 0.0526. The van der Waals surface area contributed by atoms with Gasteiger partial charge >= 0.3 is 5.97 Å². The Bertz CT molecular complexity index is 952. The second kappa shape index (κ2) is 9.44. The molecular formula is C22H23NO4. The van der Waals surface area contributed by atoms with Crippen LogP contribution in [0.2, 0.25) is 0 Å². The zero-order valence-corrected chi connectivity index (χ0v) is 16.0. The van der Waals surface area contributed by atoms with Crippen LogP contribution in [0.1, 0.15) is 48.0 Å². The molecule has 1 heterocycles. The number of esters is 1. The van der Waals surface area contributed by atoms with Gasteiger partial charge in [0.25, 0.3) is 0 Å². The highest BCUT2D eigenvalue weighted by Crippen LogP contribution is 2.34. The van der Waals surface area contributed by atoms with Gasteiger partial charge in [-0.3, -0.25) is 0 Å². The number of ether oxygens (including phenoxy) is 2. The Morgan fingerprint density at radius 2 is 1.85 bits per heavy atom. The van der Waals surface area contributed by atoms with Gasteiger partial charge in [-0.15, -0.1) is 0 Å². The summed E-state index contributed by atoms with van der Waals surface area (Å²) in [6.45, 7) is 7.98. The maximum absolute atomic E-state index is 12.3. The second-order valence-corrected chi connectivity index (χ2v) is 5.45. The van der Waals surface area contributed by atoms with Crippen molar-refractivity contribution >= 4 is 16.9 Å². The molecular weight excluding hydrogens is 342 g/mol. The number of rotatable bonds is 5. The molecule has 0 bridgehead atoms. The predicted molar refractivity (Wildman–Crippen MR) is 104 cm³/mol. The Morgan fingerprint density at radius 3 is 2.48 bits per heavy atom. The van der Waals surface area contributed by atoms with E-state index in [-0.39, 0.29) is 17.7 Å². The molecule has 0 spiro atoms. The normalized spacial score (nSPS) is 9.89. The molecule has 2 aromatic carbocycles. The maximum atomic E-state index is 12.3. The predicted octanol–water partition coefficient (Wildman–Crippen LogP) is 5.39. The number of benzene rings is 2. The zero-order valence-electron chi connectivity index (χ0n) is 16.0. The number of fused-ring (bicyclic) bond motifs is 1. The summed E-state index contributed by atoms with van der Waals surface area (Å²) < 4.78 is 16.5. The SMILES string of the molecule is CC.CCOC(=O)c1c(C)oc2ccc(OCc3ccccc3)c(C#N)c12. The van der Waals surface area contributed by atoms with Gasteiger partial charge in [0.15, 0.2) is 0 Å². The fourth-order valence-electron chi connectivity index (χ4n) is 2.71. The van der Waals surface area contributed by atoms with Crippen molar-refractivity contribution in [3.05, 3.63) is 64.9 Å². The molecule has 0 aliphatic heterocycles. The second-order valence-electron chi connectivity index (χ2n) is 5.45. The number of hydrogen-bond donors (Lipinski definition) is 0. The Morgan fingerprint density at radius 1 is 1.15 bits per heavy atom. The molecule has 5 nitrogen and oxygen atoms in total. The monoisotopic (exact) mass is 365 g/mol. The number of nitriles is 1. The largest absolute Gasteiger partial charge is 0.487 e. The van der Waals surface area contributed by atoms with Gasteiger partial charge in [-0.05, 0) is 31.5 Å². The highest BCUT2D eigenvalue weighted by atomic mass is 16.5. The van der Waals surface area contributed by atoms with E-state index in [0.29, 0.717) is 29.1 Å². The van der Waals surface area contributed by atoms with Crippen LogP contribution < -0.4 is 4.74 Å². The number of carbonyl (C=O) groups excluding carboxylic acids is 1. The average molecular weight is 365 g/mol. The highest BCUT2D eigenvalue weighted by Gasteiger charge is 2.24. The van der Waals surface area contributed by atoms with Gasteiger partial charge in [0.05, 0.1) is 12.0 Å². The van der Waals surface area contributed by atoms with Gasteiger partial charge < -0.3 is 13.9 Å². The fourth-order valence-corrected chi connectivity index (χ4v) is 2.71. The summed E-state index contributed by atoms with van der Waals surface area (Å²) in [5.74, 6) is 0.325. The van der Waals surface area contributed by atoms with Crippen molar-refractivity contribution < 1.29 is 18.7 Å². The quantitative estimate of drug-likeness (QED) is 0.566. The standard InChI is InChI=1S/C20H17NO4.C2H6/c1-3-23-20(22)18-13(2)25-17-10-9-16(15(11-21)19(17)18)24-12-14-7-5-4-6-8-14;1-2/h4-10H,3,12H2,1-2H3;1-2H3. The first kappa shape index (κ1) is 20.1. The summed E-state index contributed by atoms with van der Waals surface area (Å²) in [7, 11) is 0. The Kier molecular flexibility index (Phi) is 7.01. The first-order valence-corrected chi connectivity index (χ1v) is 8.95. The first-order valence-electron chi connectivity index (χ1n) is 8.95. The molecule has 0 atom stereocenters. The van der Waals surface area contributed by atoms with Gasteiger partial charge in [-0.1, -0.05) is 44.2 Å². The van der Waals surface area contributed by atoms with Crippen LogP contribution in [-0.4, -0.2) is 12.6 Å². The van der Waals surface area contributed by atoms with E-state index in [1.807, 2.05) is 44.2 Å². The van der Waals surface area contributed by atoms with Crippen LogP contribution in [0.25, 0.3) is 11.0 Å². The third kappa shape index (κ3) is 4.29. The topological polar surface area (TPSA) is 72.5 Å². The van der Waals surface area contributed by atoms with E-state index in [2.05, 4.69) is 6.07 Å². The summed E-state index contributed by atoms with van der Waals surface area (Å²) in [6.07, 6.45) is 0. The van der Waals surface area contributed by atoms with Gasteiger partial charge in [-0.25, -0.2) is 4.79 Å². The van der Waals surface area contributed by atoms with Crippen molar-refractivity contribution in [2.75, 3.05) is 6.61 Å². The Labute approximate surface area is 159 Å². The molecule has 0 amide bonds. The van der Waals surface area contributed by atoms with Crippen molar-refractivity contribution in [3.8, 4) is 11.8 Å². The van der Waals surface area contributed by atoms with E-state index in [1.165, 1.54) is 0 Å². The molecule has 3 rings (SSSR count). The number of hydrogen-bond acceptors (Lipinski definition) is 5. The van der Waals surface area contributed by atoms with Crippen LogP contribution in [-0.2, 0) is 11.3 Å². The maximum Gasteiger partial charge on any atom is 0.342 e. The minimum atomic E-state index is -0.504. The van der Waals surface area contributed by atoms with E-state index in [0.717, 1.165) is 5.56 Å². The van der Waals surface area contributed by atoms with Crippen LogP contribution >= 0.6 is 0 Å². The fraction of sp³-hybridized carbons (Fsp3) is 0.273. The van der Waals surface area contributed by atoms with Crippen molar-refractivity contribution in [2.45, 2.75) is 34.3 Å². The number of aryl methyl sites for hydroxylation is 1. The lowest BCUT2D eigenvalue weighted by atomic mass is 10.0. The number of furan rings is 1. The van der Waals surface area contributed by atoms with Crippen LogP contribution in [0.4, 0.5) is 0 Å². The minimum absolute atomic E-state index is 0.247. The van der Waals surface area contributed by atoms with E-state index in [9.17, 15) is 10.1 Å². The molecule has 140 valence electrons. The van der Waals surface area contributed by atoms with E-state index >= 15 is 0 Å². The zero-order chi connectivity index (χ0) is 19.8. The van der Waals surface area contributed by atoms with Crippen molar-refractivity contribution in [3.63, 3.8) is 0 Å². The molecule has 27 heavy (non-hydrogen) atoms. The molecule has 0 unspecified atom stereocenters. The lowest BCUT2D eigenvalue weighted by Gasteiger charge is -2.09. The van der Waals surface area contributed by atoms with Crippen LogP contribution in [0, 0.1) is 18.3 Å². The first-order chi connectivity index (χ1) is 13.2. The molecule has 5 heteroatoms. The number of carbonyl (C=O) groups is 1. The summed E-state index contributed by atoms with van der Waals surface area (Å²) in [5, 5.41) is 10.1. The summed E-state index contributed by atoms with van der Waals surface area (Å²) >= 11 is 0. The number of nitrogens with zero attached hydrogens (tertiary/aromatic N) is 1. The van der Waals surface area contributed by atoms with E-state index in [4.69, 9.17) is 13.9 Å². The molecule has 0 saturated heterocycles. The molecule has 0 radical (unpaired) electrons. The van der Waals surface area contributed by atoms with Crippen molar-refractivity contribution in [1.82, 2.24) is 0 Å². The molecule has 3 aromatic rings. The molecule has 0 aliphatic carbocycles. The molecule has 0 aliphatic rings. The molecule has 0 saturated carbocycles. The molecule has 0 N–H and O–H groups in total. The van der Waals surface area contributed by atoms with Crippen molar-refractivity contribution in [1.29, 1.82) is 5.26 Å². The van der Waals surface area contributed by atoms with Crippen LogP contribution in [0.5, 0.6) is 5.75 Å². The third-order valence-corrected chi connectivity index (χ3v) is 3.82. The highest BCUT2D eigenvalue weighted by molar-refractivity contribution is 6.07. The summed E-state index contributed by atoms with van der Waals surface area (Å²) in [5.41, 5.74) is 2.00. The third-order valence-electron chi connectivity index (χ3n) is 3.82. The van der Waals surface area contributed by atoms with E-state index in [1.54, 1.807) is 26.0 Å².